The minimum Gasteiger partial charge on any atom is -0.481 e. The number of hydrogen-bond acceptors (Lipinski definition) is 5. The quantitative estimate of drug-likeness (QED) is 0.774. The van der Waals surface area contributed by atoms with Gasteiger partial charge >= 0.3 is 22.3 Å². The average Bonchev–Trinajstić information content (AvgIpc) is 2.39. The van der Waals surface area contributed by atoms with E-state index < -0.39 is 28.7 Å². The third-order valence-corrected chi connectivity index (χ3v) is 3.75. The van der Waals surface area contributed by atoms with E-state index >= 15 is 0 Å². The van der Waals surface area contributed by atoms with Crippen molar-refractivity contribution in [3.8, 4) is 0 Å². The molecular weight excluding hydrogens is 300 g/mol. The van der Waals surface area contributed by atoms with Gasteiger partial charge in [0.25, 0.3) is 0 Å². The number of carboxylic acids is 1. The zero-order valence-electron chi connectivity index (χ0n) is 11.4. The third kappa shape index (κ3) is 5.30. The number of carbonyl (C=O) groups is 2. The summed E-state index contributed by atoms with van der Waals surface area (Å²) in [5.74, 6) is -1.15. The van der Waals surface area contributed by atoms with Crippen molar-refractivity contribution in [2.45, 2.75) is 13.3 Å². The molecule has 0 bridgehead atoms. The van der Waals surface area contributed by atoms with Crippen LogP contribution in [0.1, 0.15) is 13.3 Å². The van der Waals surface area contributed by atoms with Gasteiger partial charge in [-0.25, -0.2) is 9.52 Å². The van der Waals surface area contributed by atoms with Crippen molar-refractivity contribution < 1.29 is 27.9 Å². The van der Waals surface area contributed by atoms with E-state index in [1.807, 2.05) is 0 Å². The Balaban J connectivity index is 2.99. The number of aliphatic carboxylic acids is 1. The largest absolute Gasteiger partial charge is 0.481 e. The van der Waals surface area contributed by atoms with Gasteiger partial charge in [-0.2, -0.15) is 8.42 Å². The minimum atomic E-state index is -4.25. The van der Waals surface area contributed by atoms with Crippen molar-refractivity contribution in [3.05, 3.63) is 30.3 Å². The Hall–Kier alpha value is -2.29. The van der Waals surface area contributed by atoms with Crippen LogP contribution in [0.4, 0.5) is 10.5 Å². The number of hydrogen-bond donors (Lipinski definition) is 2. The van der Waals surface area contributed by atoms with Crippen molar-refractivity contribution in [2.75, 3.05) is 17.5 Å². The van der Waals surface area contributed by atoms with Gasteiger partial charge in [-0.15, -0.1) is 0 Å². The van der Waals surface area contributed by atoms with Gasteiger partial charge in [-0.1, -0.05) is 18.2 Å². The molecule has 0 fully saturated rings. The van der Waals surface area contributed by atoms with Crippen LogP contribution in [0.15, 0.2) is 30.3 Å². The van der Waals surface area contributed by atoms with E-state index in [4.69, 9.17) is 5.11 Å². The number of nitrogens with zero attached hydrogens (tertiary/aromatic N) is 1. The van der Waals surface area contributed by atoms with Gasteiger partial charge in [0.15, 0.2) is 0 Å². The summed E-state index contributed by atoms with van der Waals surface area (Å²) in [5, 5.41) is 8.71. The highest BCUT2D eigenvalue weighted by atomic mass is 32.2. The molecule has 1 rings (SSSR count). The van der Waals surface area contributed by atoms with Crippen molar-refractivity contribution in [1.82, 2.24) is 4.72 Å². The lowest BCUT2D eigenvalue weighted by Crippen LogP contribution is -2.44. The lowest BCUT2D eigenvalue weighted by Gasteiger charge is -2.23. The Morgan fingerprint density at radius 2 is 1.90 bits per heavy atom. The smallest absolute Gasteiger partial charge is 0.422 e. The van der Waals surface area contributed by atoms with Crippen LogP contribution in [0.2, 0.25) is 0 Å². The number of amides is 1. The first-order valence-corrected chi connectivity index (χ1v) is 7.55. The molecule has 0 unspecified atom stereocenters. The van der Waals surface area contributed by atoms with Gasteiger partial charge < -0.3 is 9.84 Å². The topological polar surface area (TPSA) is 113 Å². The Morgan fingerprint density at radius 1 is 1.29 bits per heavy atom. The summed E-state index contributed by atoms with van der Waals surface area (Å²) < 4.78 is 31.3. The molecule has 21 heavy (non-hydrogen) atoms. The minimum absolute atomic E-state index is 0.0157. The van der Waals surface area contributed by atoms with Gasteiger partial charge in [0, 0.05) is 6.54 Å². The van der Waals surface area contributed by atoms with Crippen LogP contribution >= 0.6 is 0 Å². The van der Waals surface area contributed by atoms with Gasteiger partial charge in [-0.3, -0.25) is 9.10 Å². The molecule has 9 heteroatoms. The lowest BCUT2D eigenvalue weighted by molar-refractivity contribution is -0.136. The Morgan fingerprint density at radius 3 is 2.43 bits per heavy atom. The van der Waals surface area contributed by atoms with E-state index in [0.29, 0.717) is 0 Å². The molecule has 0 aromatic heterocycles. The first-order valence-electron chi connectivity index (χ1n) is 6.11. The number of nitrogens with one attached hydrogen (secondary N) is 1. The van der Waals surface area contributed by atoms with Gasteiger partial charge in [-0.05, 0) is 19.1 Å². The first-order chi connectivity index (χ1) is 9.86. The molecule has 0 aliphatic rings. The highest BCUT2D eigenvalue weighted by molar-refractivity contribution is 7.91. The summed E-state index contributed by atoms with van der Waals surface area (Å²) in [6.45, 7) is 1.24. The van der Waals surface area contributed by atoms with Crippen LogP contribution in [0.25, 0.3) is 0 Å². The standard InChI is InChI=1S/C12H16N2O6S/c1-2-20-12(17)13-21(18,19)14(9-8-11(15)16)10-6-4-3-5-7-10/h3-7H,2,8-9H2,1H3,(H,13,17)(H,15,16). The van der Waals surface area contributed by atoms with E-state index in [1.165, 1.54) is 19.1 Å². The summed E-state index contributed by atoms with van der Waals surface area (Å²) in [6, 6.07) is 7.87. The predicted molar refractivity (Wildman–Crippen MR) is 75.1 cm³/mol. The molecule has 1 aromatic carbocycles. The van der Waals surface area contributed by atoms with Crippen molar-refractivity contribution in [3.63, 3.8) is 0 Å². The summed E-state index contributed by atoms with van der Waals surface area (Å²) in [7, 11) is -4.25. The number of benzene rings is 1. The van der Waals surface area contributed by atoms with E-state index in [1.54, 1.807) is 22.9 Å². The second kappa shape index (κ2) is 7.48. The summed E-state index contributed by atoms with van der Waals surface area (Å²) in [5.41, 5.74) is 0.246. The van der Waals surface area contributed by atoms with E-state index in [-0.39, 0.29) is 18.8 Å². The molecular formula is C12H16N2O6S. The second-order valence-corrected chi connectivity index (χ2v) is 5.47. The normalized spacial score (nSPS) is 10.7. The molecule has 0 atom stereocenters. The molecule has 0 radical (unpaired) electrons. The molecule has 0 heterocycles. The number of rotatable bonds is 7. The van der Waals surface area contributed by atoms with Crippen molar-refractivity contribution >= 4 is 28.0 Å². The van der Waals surface area contributed by atoms with Gasteiger partial charge in [0.2, 0.25) is 0 Å². The van der Waals surface area contributed by atoms with E-state index in [9.17, 15) is 18.0 Å². The maximum atomic E-state index is 12.1. The molecule has 0 saturated heterocycles. The summed E-state index contributed by atoms with van der Waals surface area (Å²) in [6.07, 6.45) is -1.52. The molecule has 1 aromatic rings. The molecule has 2 N–H and O–H groups in total. The molecule has 116 valence electrons. The number of anilines is 1. The van der Waals surface area contributed by atoms with Gasteiger partial charge in [0.1, 0.15) is 0 Å². The van der Waals surface area contributed by atoms with Crippen molar-refractivity contribution in [1.29, 1.82) is 0 Å². The van der Waals surface area contributed by atoms with Crippen LogP contribution in [0.3, 0.4) is 0 Å². The number of carbonyl (C=O) groups excluding carboxylic acids is 1. The van der Waals surface area contributed by atoms with Crippen LogP contribution in [0, 0.1) is 0 Å². The van der Waals surface area contributed by atoms with E-state index in [0.717, 1.165) is 4.31 Å². The Labute approximate surface area is 122 Å². The molecule has 0 aliphatic heterocycles. The maximum Gasteiger partial charge on any atom is 0.422 e. The van der Waals surface area contributed by atoms with E-state index in [2.05, 4.69) is 4.74 Å². The highest BCUT2D eigenvalue weighted by Gasteiger charge is 2.25. The fourth-order valence-corrected chi connectivity index (χ4v) is 2.61. The van der Waals surface area contributed by atoms with Crippen LogP contribution < -0.4 is 9.03 Å². The predicted octanol–water partition coefficient (Wildman–Crippen LogP) is 0.959. The maximum absolute atomic E-state index is 12.1. The molecule has 0 spiro atoms. The fourth-order valence-electron chi connectivity index (χ4n) is 1.50. The number of carboxylic acid groups (broad SMARTS) is 1. The molecule has 1 amide bonds. The summed E-state index contributed by atoms with van der Waals surface area (Å²) in [4.78, 5) is 21.9. The zero-order valence-corrected chi connectivity index (χ0v) is 12.2. The molecule has 8 nitrogen and oxygen atoms in total. The van der Waals surface area contributed by atoms with Gasteiger partial charge in [0.05, 0.1) is 18.7 Å². The lowest BCUT2D eigenvalue weighted by atomic mass is 10.3. The highest BCUT2D eigenvalue weighted by Crippen LogP contribution is 2.17. The Kier molecular flexibility index (Phi) is 5.97. The fraction of sp³-hybridized carbons (Fsp3) is 0.333. The van der Waals surface area contributed by atoms with Crippen LogP contribution in [0.5, 0.6) is 0 Å². The molecule has 0 saturated carbocycles. The first kappa shape index (κ1) is 16.8. The third-order valence-electron chi connectivity index (χ3n) is 2.35. The molecule has 0 aliphatic carbocycles. The Bertz CT molecular complexity index is 587. The van der Waals surface area contributed by atoms with Crippen LogP contribution in [-0.4, -0.2) is 38.7 Å². The number of para-hydroxylation sites is 1. The average molecular weight is 316 g/mol. The van der Waals surface area contributed by atoms with Crippen molar-refractivity contribution in [2.24, 2.45) is 0 Å². The zero-order chi connectivity index (χ0) is 15.9. The monoisotopic (exact) mass is 316 g/mol. The number of ether oxygens (including phenoxy) is 1. The second-order valence-electron chi connectivity index (χ2n) is 3.88. The summed E-state index contributed by atoms with van der Waals surface area (Å²) >= 11 is 0. The SMILES string of the molecule is CCOC(=O)NS(=O)(=O)N(CCC(=O)O)c1ccccc1. The van der Waals surface area contributed by atoms with Crippen LogP contribution in [-0.2, 0) is 19.7 Å².